The summed E-state index contributed by atoms with van der Waals surface area (Å²) in [6.45, 7) is 5.51. The highest BCUT2D eigenvalue weighted by molar-refractivity contribution is 6.01. The number of hydrogen-bond donors (Lipinski definition) is 1. The molecule has 2 amide bonds. The molecule has 6 rings (SSSR count). The van der Waals surface area contributed by atoms with Crippen LogP contribution in [0.25, 0.3) is 10.9 Å². The van der Waals surface area contributed by atoms with Crippen molar-refractivity contribution >= 4 is 28.4 Å². The van der Waals surface area contributed by atoms with Crippen molar-refractivity contribution in [1.29, 1.82) is 0 Å². The summed E-state index contributed by atoms with van der Waals surface area (Å²) >= 11 is 0. The Labute approximate surface area is 211 Å². The van der Waals surface area contributed by atoms with E-state index >= 15 is 0 Å². The third-order valence-electron chi connectivity index (χ3n) is 7.60. The number of fused-ring (bicyclic) bond motifs is 2. The van der Waals surface area contributed by atoms with E-state index in [2.05, 4.69) is 41.1 Å². The molecule has 2 aliphatic heterocycles. The SMILES string of the molecule is Cc1[nH]c2ccccc2c1[C@H]1c2ccccc2C(=O)N1CCC(=O)N1CCN(c2ccccc2)CC1. The molecule has 0 saturated carbocycles. The van der Waals surface area contributed by atoms with Gasteiger partial charge in [-0.3, -0.25) is 9.59 Å². The number of rotatable bonds is 5. The van der Waals surface area contributed by atoms with Crippen molar-refractivity contribution in [2.45, 2.75) is 19.4 Å². The molecule has 3 aromatic carbocycles. The van der Waals surface area contributed by atoms with Crippen molar-refractivity contribution in [2.24, 2.45) is 0 Å². The summed E-state index contributed by atoms with van der Waals surface area (Å²) in [6, 6.07) is 26.2. The second-order valence-electron chi connectivity index (χ2n) is 9.65. The van der Waals surface area contributed by atoms with E-state index in [-0.39, 0.29) is 17.9 Å². The number of hydrogen-bond acceptors (Lipinski definition) is 3. The molecule has 4 aromatic rings. The lowest BCUT2D eigenvalue weighted by atomic mass is 9.95. The maximum atomic E-state index is 13.5. The van der Waals surface area contributed by atoms with Crippen LogP contribution in [0, 0.1) is 6.92 Å². The first-order chi connectivity index (χ1) is 17.6. The van der Waals surface area contributed by atoms with Gasteiger partial charge in [0.25, 0.3) is 5.91 Å². The van der Waals surface area contributed by atoms with E-state index in [4.69, 9.17) is 0 Å². The minimum atomic E-state index is -0.201. The molecule has 0 unspecified atom stereocenters. The number of nitrogens with zero attached hydrogens (tertiary/aromatic N) is 3. The Balaban J connectivity index is 1.21. The lowest BCUT2D eigenvalue weighted by Crippen LogP contribution is -2.49. The first-order valence-corrected chi connectivity index (χ1v) is 12.7. The number of piperazine rings is 1. The van der Waals surface area contributed by atoms with Crippen LogP contribution in [0.1, 0.15) is 39.6 Å². The zero-order valence-corrected chi connectivity index (χ0v) is 20.5. The van der Waals surface area contributed by atoms with Crippen LogP contribution in [0.2, 0.25) is 0 Å². The highest BCUT2D eigenvalue weighted by Crippen LogP contribution is 2.42. The normalized spacial score (nSPS) is 17.6. The van der Waals surface area contributed by atoms with E-state index in [0.29, 0.717) is 26.1 Å². The summed E-state index contributed by atoms with van der Waals surface area (Å²) in [5, 5.41) is 1.12. The number of carbonyl (C=O) groups is 2. The Morgan fingerprint density at radius 3 is 2.39 bits per heavy atom. The van der Waals surface area contributed by atoms with Crippen LogP contribution in [0.4, 0.5) is 5.69 Å². The number of aryl methyl sites for hydroxylation is 1. The third kappa shape index (κ3) is 3.83. The lowest BCUT2D eigenvalue weighted by Gasteiger charge is -2.36. The van der Waals surface area contributed by atoms with Gasteiger partial charge in [0, 0.05) is 72.6 Å². The maximum absolute atomic E-state index is 13.5. The van der Waals surface area contributed by atoms with Crippen LogP contribution >= 0.6 is 0 Å². The molecule has 36 heavy (non-hydrogen) atoms. The number of nitrogens with one attached hydrogen (secondary N) is 1. The second-order valence-corrected chi connectivity index (χ2v) is 9.65. The largest absolute Gasteiger partial charge is 0.368 e. The fraction of sp³-hybridized carbons (Fsp3) is 0.267. The van der Waals surface area contributed by atoms with Gasteiger partial charge in [-0.05, 0) is 36.8 Å². The summed E-state index contributed by atoms with van der Waals surface area (Å²) in [5.41, 5.74) is 6.18. The molecule has 182 valence electrons. The third-order valence-corrected chi connectivity index (χ3v) is 7.60. The van der Waals surface area contributed by atoms with Crippen molar-refractivity contribution in [3.63, 3.8) is 0 Å². The highest BCUT2D eigenvalue weighted by Gasteiger charge is 2.39. The van der Waals surface area contributed by atoms with Gasteiger partial charge in [0.05, 0.1) is 6.04 Å². The topological polar surface area (TPSA) is 59.7 Å². The maximum Gasteiger partial charge on any atom is 0.255 e. The van der Waals surface area contributed by atoms with Crippen LogP contribution in [0.15, 0.2) is 78.9 Å². The average molecular weight is 479 g/mol. The van der Waals surface area contributed by atoms with Gasteiger partial charge in [0.1, 0.15) is 0 Å². The van der Waals surface area contributed by atoms with Gasteiger partial charge in [0.15, 0.2) is 0 Å². The molecule has 0 radical (unpaired) electrons. The molecule has 1 N–H and O–H groups in total. The Hall–Kier alpha value is -4.06. The molecule has 1 fully saturated rings. The van der Waals surface area contributed by atoms with E-state index in [1.807, 2.05) is 64.4 Å². The summed E-state index contributed by atoms with van der Waals surface area (Å²) in [4.78, 5) is 36.4. The van der Waals surface area contributed by atoms with Crippen molar-refractivity contribution in [3.05, 3.63) is 101 Å². The van der Waals surface area contributed by atoms with Gasteiger partial charge >= 0.3 is 0 Å². The number of anilines is 1. The van der Waals surface area contributed by atoms with Gasteiger partial charge in [-0.1, -0.05) is 54.6 Å². The van der Waals surface area contributed by atoms with E-state index in [1.54, 1.807) is 0 Å². The van der Waals surface area contributed by atoms with Crippen LogP contribution in [0.5, 0.6) is 0 Å². The van der Waals surface area contributed by atoms with E-state index in [9.17, 15) is 9.59 Å². The van der Waals surface area contributed by atoms with Crippen LogP contribution < -0.4 is 4.90 Å². The molecular formula is C30H30N4O2. The van der Waals surface area contributed by atoms with Gasteiger partial charge in [-0.25, -0.2) is 0 Å². The monoisotopic (exact) mass is 478 g/mol. The molecule has 6 heteroatoms. The number of aromatic amines is 1. The van der Waals surface area contributed by atoms with Crippen molar-refractivity contribution in [1.82, 2.24) is 14.8 Å². The van der Waals surface area contributed by atoms with Gasteiger partial charge in [-0.15, -0.1) is 0 Å². The number of aromatic nitrogens is 1. The zero-order chi connectivity index (χ0) is 24.6. The first-order valence-electron chi connectivity index (χ1n) is 12.7. The number of para-hydroxylation sites is 2. The van der Waals surface area contributed by atoms with Gasteiger partial charge < -0.3 is 19.7 Å². The fourth-order valence-electron chi connectivity index (χ4n) is 5.79. The van der Waals surface area contributed by atoms with Crippen LogP contribution in [0.3, 0.4) is 0 Å². The number of H-pyrrole nitrogens is 1. The molecule has 1 atom stereocenters. The number of carbonyl (C=O) groups excluding carboxylic acids is 2. The average Bonchev–Trinajstić information content (AvgIpc) is 3.40. The van der Waals surface area contributed by atoms with Gasteiger partial charge in [0.2, 0.25) is 5.91 Å². The fourth-order valence-corrected chi connectivity index (χ4v) is 5.79. The van der Waals surface area contributed by atoms with E-state index < -0.39 is 0 Å². The molecule has 6 nitrogen and oxygen atoms in total. The molecule has 0 aliphatic carbocycles. The first kappa shape index (κ1) is 22.4. The molecule has 2 aliphatic rings. The predicted molar refractivity (Wildman–Crippen MR) is 142 cm³/mol. The standard InChI is InChI=1S/C30H30N4O2/c1-21-28(25-13-7-8-14-26(25)31-21)29-23-11-5-6-12-24(23)30(36)34(29)16-15-27(35)33-19-17-32(18-20-33)22-9-3-2-4-10-22/h2-14,29,31H,15-20H2,1H3/t29-/m1/s1. The predicted octanol–water partition coefficient (Wildman–Crippen LogP) is 4.76. The molecule has 3 heterocycles. The minimum Gasteiger partial charge on any atom is -0.368 e. The van der Waals surface area contributed by atoms with E-state index in [1.165, 1.54) is 5.69 Å². The summed E-state index contributed by atoms with van der Waals surface area (Å²) in [6.07, 6.45) is 0.322. The molecule has 0 spiro atoms. The number of amides is 2. The Morgan fingerprint density at radius 2 is 1.58 bits per heavy atom. The Bertz CT molecular complexity index is 1420. The van der Waals surface area contributed by atoms with Gasteiger partial charge in [-0.2, -0.15) is 0 Å². The molecule has 1 saturated heterocycles. The van der Waals surface area contributed by atoms with E-state index in [0.717, 1.165) is 46.4 Å². The zero-order valence-electron chi connectivity index (χ0n) is 20.5. The Morgan fingerprint density at radius 1 is 0.889 bits per heavy atom. The quantitative estimate of drug-likeness (QED) is 0.450. The smallest absolute Gasteiger partial charge is 0.255 e. The molecule has 0 bridgehead atoms. The summed E-state index contributed by atoms with van der Waals surface area (Å²) < 4.78 is 0. The van der Waals surface area contributed by atoms with Crippen molar-refractivity contribution in [2.75, 3.05) is 37.6 Å². The van der Waals surface area contributed by atoms with Crippen molar-refractivity contribution in [3.8, 4) is 0 Å². The second kappa shape index (κ2) is 9.19. The highest BCUT2D eigenvalue weighted by atomic mass is 16.2. The van der Waals surface area contributed by atoms with Crippen molar-refractivity contribution < 1.29 is 9.59 Å². The summed E-state index contributed by atoms with van der Waals surface area (Å²) in [7, 11) is 0. The summed E-state index contributed by atoms with van der Waals surface area (Å²) in [5.74, 6) is 0.114. The van der Waals surface area contributed by atoms with Crippen LogP contribution in [-0.2, 0) is 4.79 Å². The molecule has 1 aromatic heterocycles. The lowest BCUT2D eigenvalue weighted by molar-refractivity contribution is -0.131. The number of benzene rings is 3. The Kier molecular flexibility index (Phi) is 5.72. The van der Waals surface area contributed by atoms with Crippen LogP contribution in [-0.4, -0.2) is 59.3 Å². The minimum absolute atomic E-state index is 0.00183. The molecular weight excluding hydrogens is 448 g/mol.